The van der Waals surface area contributed by atoms with Gasteiger partial charge < -0.3 is 0 Å². The smallest absolute Gasteiger partial charge is 0.291 e. The first-order valence-corrected chi connectivity index (χ1v) is 11.2. The van der Waals surface area contributed by atoms with Gasteiger partial charge in [-0.2, -0.15) is 4.31 Å². The van der Waals surface area contributed by atoms with Gasteiger partial charge in [0.2, 0.25) is 10.0 Å². The topological polar surface area (TPSA) is 116 Å². The number of benzene rings is 2. The summed E-state index contributed by atoms with van der Waals surface area (Å²) in [5.74, 6) is 0. The van der Waals surface area contributed by atoms with Gasteiger partial charge in [0, 0.05) is 19.3 Å². The van der Waals surface area contributed by atoms with Crippen LogP contribution in [0.3, 0.4) is 0 Å². The summed E-state index contributed by atoms with van der Waals surface area (Å²) in [4.78, 5) is 31.8. The summed E-state index contributed by atoms with van der Waals surface area (Å²) in [7, 11) is -3.85. The van der Waals surface area contributed by atoms with E-state index in [1.165, 1.54) is 10.4 Å². The monoisotopic (exact) mass is 434 g/mol. The lowest BCUT2D eigenvalue weighted by Crippen LogP contribution is -2.35. The first-order chi connectivity index (χ1) is 14.9. The van der Waals surface area contributed by atoms with Gasteiger partial charge in [-0.15, -0.1) is 0 Å². The van der Waals surface area contributed by atoms with Crippen molar-refractivity contribution in [1.29, 1.82) is 0 Å². The summed E-state index contributed by atoms with van der Waals surface area (Å²) in [6.45, 7) is 0.540. The summed E-state index contributed by atoms with van der Waals surface area (Å²) >= 11 is 0. The van der Waals surface area contributed by atoms with Crippen LogP contribution in [0.4, 0.5) is 0 Å². The highest BCUT2D eigenvalue weighted by Gasteiger charge is 2.27. The van der Waals surface area contributed by atoms with Gasteiger partial charge in [-0.1, -0.05) is 48.5 Å². The Morgan fingerprint density at radius 1 is 0.968 bits per heavy atom. The van der Waals surface area contributed by atoms with Crippen LogP contribution in [-0.2, 0) is 10.0 Å². The molecule has 9 heteroatoms. The number of aromatic nitrogens is 3. The number of fused-ring (bicyclic) bond motifs is 2. The molecule has 0 saturated heterocycles. The molecule has 2 aromatic carbocycles. The quantitative estimate of drug-likeness (QED) is 0.513. The zero-order valence-electron chi connectivity index (χ0n) is 16.3. The van der Waals surface area contributed by atoms with Crippen LogP contribution in [0.2, 0.25) is 0 Å². The van der Waals surface area contributed by atoms with Crippen LogP contribution in [0.1, 0.15) is 12.0 Å². The maximum absolute atomic E-state index is 13.1. The van der Waals surface area contributed by atoms with Crippen molar-refractivity contribution < 1.29 is 8.42 Å². The van der Waals surface area contributed by atoms with Crippen molar-refractivity contribution in [2.75, 3.05) is 13.1 Å². The van der Waals surface area contributed by atoms with Gasteiger partial charge in [0.1, 0.15) is 10.5 Å². The molecular weight excluding hydrogens is 416 g/mol. The van der Waals surface area contributed by atoms with Crippen LogP contribution in [0, 0.1) is 0 Å². The Morgan fingerprint density at radius 3 is 2.58 bits per heavy atom. The van der Waals surface area contributed by atoms with Crippen molar-refractivity contribution in [3.05, 3.63) is 87.2 Å². The van der Waals surface area contributed by atoms with Gasteiger partial charge in [0.05, 0.1) is 5.39 Å². The fourth-order valence-corrected chi connectivity index (χ4v) is 5.29. The number of hydrogen-bond acceptors (Lipinski definition) is 5. The van der Waals surface area contributed by atoms with E-state index in [2.05, 4.69) is 39.2 Å². The summed E-state index contributed by atoms with van der Waals surface area (Å²) < 4.78 is 27.6. The highest BCUT2D eigenvalue weighted by molar-refractivity contribution is 7.89. The van der Waals surface area contributed by atoms with E-state index < -0.39 is 21.3 Å². The summed E-state index contributed by atoms with van der Waals surface area (Å²) in [6.07, 6.45) is 3.67. The maximum Gasteiger partial charge on any atom is 0.327 e. The van der Waals surface area contributed by atoms with E-state index in [4.69, 9.17) is 0 Å². The second kappa shape index (κ2) is 7.29. The first kappa shape index (κ1) is 19.4. The maximum atomic E-state index is 13.1. The van der Waals surface area contributed by atoms with Crippen LogP contribution >= 0.6 is 0 Å². The lowest BCUT2D eigenvalue weighted by molar-refractivity contribution is 0.441. The van der Waals surface area contributed by atoms with Gasteiger partial charge in [-0.05, 0) is 34.4 Å². The van der Waals surface area contributed by atoms with E-state index in [0.717, 1.165) is 28.1 Å². The molecule has 8 nitrogen and oxygen atoms in total. The second-order valence-electron chi connectivity index (χ2n) is 7.34. The molecule has 31 heavy (non-hydrogen) atoms. The number of sulfonamides is 1. The molecule has 0 amide bonds. The fourth-order valence-electron chi connectivity index (χ4n) is 3.94. The van der Waals surface area contributed by atoms with Crippen molar-refractivity contribution >= 4 is 37.4 Å². The number of rotatable bonds is 3. The molecule has 5 rings (SSSR count). The Bertz CT molecular complexity index is 1580. The van der Waals surface area contributed by atoms with E-state index in [-0.39, 0.29) is 22.5 Å². The zero-order valence-corrected chi connectivity index (χ0v) is 17.1. The van der Waals surface area contributed by atoms with Crippen molar-refractivity contribution in [3.63, 3.8) is 0 Å². The molecule has 2 aromatic heterocycles. The molecule has 156 valence electrons. The van der Waals surface area contributed by atoms with Crippen molar-refractivity contribution in [2.24, 2.45) is 0 Å². The molecule has 0 unspecified atom stereocenters. The standard InChI is InChI=1S/C22H18N4O4S/c27-21-19-12-16(13-23-20(19)24-22(28)25-21)31(29,30)26-10-8-15(9-11-26)18-7-3-5-14-4-1-2-6-17(14)18/h1-8,12-13H,9-11H2,(H2,23,24,25,27,28). The molecule has 1 aliphatic heterocycles. The molecule has 4 aromatic rings. The molecule has 0 saturated carbocycles. The van der Waals surface area contributed by atoms with Crippen LogP contribution in [0.5, 0.6) is 0 Å². The van der Waals surface area contributed by atoms with Gasteiger partial charge in [0.25, 0.3) is 5.56 Å². The Labute approximate surface area is 176 Å². The third-order valence-electron chi connectivity index (χ3n) is 5.51. The minimum absolute atomic E-state index is 0.0182. The molecule has 0 fully saturated rings. The lowest BCUT2D eigenvalue weighted by atomic mass is 9.95. The Hall–Kier alpha value is -3.56. The second-order valence-corrected chi connectivity index (χ2v) is 9.28. The molecule has 1 aliphatic rings. The van der Waals surface area contributed by atoms with Crippen LogP contribution in [0.25, 0.3) is 27.4 Å². The van der Waals surface area contributed by atoms with Crippen molar-refractivity contribution in [1.82, 2.24) is 19.3 Å². The minimum atomic E-state index is -3.85. The molecule has 0 aliphatic carbocycles. The SMILES string of the molecule is O=c1[nH]c(=O)c2cc(S(=O)(=O)N3CC=C(c4cccc5ccccc45)CC3)cnc2[nH]1. The van der Waals surface area contributed by atoms with Gasteiger partial charge in [-0.3, -0.25) is 14.8 Å². The van der Waals surface area contributed by atoms with Gasteiger partial charge in [0.15, 0.2) is 0 Å². The van der Waals surface area contributed by atoms with Crippen molar-refractivity contribution in [2.45, 2.75) is 11.3 Å². The highest BCUT2D eigenvalue weighted by Crippen LogP contribution is 2.30. The van der Waals surface area contributed by atoms with E-state index in [0.29, 0.717) is 13.0 Å². The van der Waals surface area contributed by atoms with Crippen LogP contribution in [0.15, 0.2) is 75.3 Å². The third-order valence-corrected chi connectivity index (χ3v) is 7.34. The number of nitrogens with one attached hydrogen (secondary N) is 2. The molecule has 0 atom stereocenters. The predicted octanol–water partition coefficient (Wildman–Crippen LogP) is 2.24. The largest absolute Gasteiger partial charge is 0.327 e. The Balaban J connectivity index is 1.48. The van der Waals surface area contributed by atoms with E-state index in [1.807, 2.05) is 24.3 Å². The van der Waals surface area contributed by atoms with Crippen molar-refractivity contribution in [3.8, 4) is 0 Å². The number of hydrogen-bond donors (Lipinski definition) is 2. The summed E-state index contributed by atoms with van der Waals surface area (Å²) in [5.41, 5.74) is 0.888. The van der Waals surface area contributed by atoms with Crippen LogP contribution < -0.4 is 11.2 Å². The lowest BCUT2D eigenvalue weighted by Gasteiger charge is -2.26. The molecule has 3 heterocycles. The third kappa shape index (κ3) is 3.37. The summed E-state index contributed by atoms with van der Waals surface area (Å²) in [6, 6.07) is 15.5. The number of aromatic amines is 2. The average molecular weight is 434 g/mol. The van der Waals surface area contributed by atoms with Gasteiger partial charge in [-0.25, -0.2) is 18.2 Å². The Morgan fingerprint density at radius 2 is 1.77 bits per heavy atom. The highest BCUT2D eigenvalue weighted by atomic mass is 32.2. The average Bonchev–Trinajstić information content (AvgIpc) is 2.78. The predicted molar refractivity (Wildman–Crippen MR) is 118 cm³/mol. The number of pyridine rings is 1. The normalized spacial score (nSPS) is 15.3. The number of nitrogens with zero attached hydrogens (tertiary/aromatic N) is 2. The molecule has 0 bridgehead atoms. The zero-order chi connectivity index (χ0) is 21.6. The molecule has 2 N–H and O–H groups in total. The van der Waals surface area contributed by atoms with Crippen LogP contribution in [-0.4, -0.2) is 40.8 Å². The van der Waals surface area contributed by atoms with Gasteiger partial charge >= 0.3 is 5.69 Å². The molecule has 0 radical (unpaired) electrons. The summed E-state index contributed by atoms with van der Waals surface area (Å²) in [5, 5.41) is 2.30. The van der Waals surface area contributed by atoms with E-state index in [1.54, 1.807) is 0 Å². The van der Waals surface area contributed by atoms with E-state index in [9.17, 15) is 18.0 Å². The molecule has 0 spiro atoms. The minimum Gasteiger partial charge on any atom is -0.291 e. The number of H-pyrrole nitrogens is 2. The van der Waals surface area contributed by atoms with E-state index >= 15 is 0 Å². The fraction of sp³-hybridized carbons (Fsp3) is 0.136. The Kier molecular flexibility index (Phi) is 4.57. The molecular formula is C22H18N4O4S. The first-order valence-electron chi connectivity index (χ1n) is 9.73.